The number of nitrogens with zero attached hydrogens (tertiary/aromatic N) is 2. The van der Waals surface area contributed by atoms with Crippen molar-refractivity contribution in [2.24, 2.45) is 11.3 Å². The number of piperidine rings is 1. The molecule has 2 aromatic carbocycles. The summed E-state index contributed by atoms with van der Waals surface area (Å²) in [7, 11) is 1.37. The molecule has 6 N–H and O–H groups in total. The van der Waals surface area contributed by atoms with Crippen molar-refractivity contribution >= 4 is 41.8 Å². The fraction of sp³-hybridized carbons (Fsp3) is 0.612. The van der Waals surface area contributed by atoms with Crippen LogP contribution in [0, 0.1) is 11.3 Å². The first kappa shape index (κ1) is 54.6. The molecule has 2 aliphatic rings. The zero-order chi connectivity index (χ0) is 50.5. The Hall–Kier alpha value is -6.01. The maximum absolute atomic E-state index is 15.7. The molecule has 0 aliphatic carbocycles. The van der Waals surface area contributed by atoms with Gasteiger partial charge in [-0.15, -0.1) is 0 Å². The lowest BCUT2D eigenvalue weighted by molar-refractivity contribution is -0.219. The first-order valence-electron chi connectivity index (χ1n) is 23.4. The second kappa shape index (κ2) is 23.8. The molecule has 2 heterocycles. The third-order valence-corrected chi connectivity index (χ3v) is 11.6. The van der Waals surface area contributed by atoms with E-state index >= 15 is 8.78 Å². The Bertz CT molecular complexity index is 2040. The minimum absolute atomic E-state index is 0.0135. The Morgan fingerprint density at radius 1 is 0.647 bits per heavy atom. The Balaban J connectivity index is 1.55. The zero-order valence-corrected chi connectivity index (χ0v) is 41.0. The average molecular weight is 955 g/mol. The Morgan fingerprint density at radius 3 is 1.63 bits per heavy atom. The number of amides is 8. The van der Waals surface area contributed by atoms with E-state index in [1.807, 2.05) is 19.9 Å². The van der Waals surface area contributed by atoms with E-state index in [0.717, 1.165) is 10.5 Å². The van der Waals surface area contributed by atoms with Crippen molar-refractivity contribution in [3.8, 4) is 0 Å². The van der Waals surface area contributed by atoms with Crippen LogP contribution in [0.15, 0.2) is 60.7 Å². The molecule has 2 aromatic rings. The first-order chi connectivity index (χ1) is 31.8. The summed E-state index contributed by atoms with van der Waals surface area (Å²) in [5, 5.41) is 16.1. The lowest BCUT2D eigenvalue weighted by atomic mass is 9.69. The molecule has 2 aliphatic heterocycles. The molecular formula is C49H72F2N8O9. The van der Waals surface area contributed by atoms with E-state index in [9.17, 15) is 33.6 Å². The van der Waals surface area contributed by atoms with Crippen molar-refractivity contribution in [1.29, 1.82) is 0 Å². The van der Waals surface area contributed by atoms with Gasteiger partial charge in [0.05, 0.1) is 12.0 Å². The van der Waals surface area contributed by atoms with Gasteiger partial charge in [-0.05, 0) is 90.7 Å². The topological polar surface area (TPSA) is 217 Å². The standard InChI is InChI=1S/C49H72F2N8O9/c1-32(2)26-36(55-40(61)37(27-33-18-12-10-13-19-33)56-41(62)38(28-34-20-14-11-15-21-34)57-45(66)68-47(6,7)8)39(60)54-35(22-16-17-24-53-44(65)67-46(3,4)5)42(63)59-29-48(30-59)23-25-58(43(64)52-9)31-49(48,50)51/h10-15,18-21,32,35-38H,16-17,22-31H2,1-9H3,(H,52,64)(H,53,65)(H,54,60)(H,55,61)(H,56,62)(H,57,66)/t35-,36-,37-,38-/m1/s1. The van der Waals surface area contributed by atoms with Crippen LogP contribution >= 0.6 is 0 Å². The minimum atomic E-state index is -3.29. The number of carbonyl (C=O) groups is 7. The van der Waals surface area contributed by atoms with Gasteiger partial charge in [0, 0.05) is 46.1 Å². The largest absolute Gasteiger partial charge is 0.444 e. The van der Waals surface area contributed by atoms with Crippen molar-refractivity contribution in [1.82, 2.24) is 41.7 Å². The third kappa shape index (κ3) is 16.6. The molecule has 2 fully saturated rings. The van der Waals surface area contributed by atoms with Crippen molar-refractivity contribution in [2.75, 3.05) is 39.8 Å². The fourth-order valence-electron chi connectivity index (χ4n) is 8.12. The molecule has 4 rings (SSSR count). The highest BCUT2D eigenvalue weighted by Gasteiger charge is 2.64. The number of hydrogen-bond acceptors (Lipinski definition) is 9. The number of alkyl carbamates (subject to hydrolysis) is 2. The molecule has 4 atom stereocenters. The maximum atomic E-state index is 15.7. The summed E-state index contributed by atoms with van der Waals surface area (Å²) < 4.78 is 42.1. The zero-order valence-electron chi connectivity index (χ0n) is 41.0. The summed E-state index contributed by atoms with van der Waals surface area (Å²) in [5.41, 5.74) is -1.69. The second-order valence-electron chi connectivity index (χ2n) is 20.2. The second-order valence-corrected chi connectivity index (χ2v) is 20.2. The lowest BCUT2D eigenvalue weighted by Gasteiger charge is -2.57. The highest BCUT2D eigenvalue weighted by atomic mass is 19.3. The molecule has 17 nitrogen and oxygen atoms in total. The number of nitrogens with one attached hydrogen (secondary N) is 6. The van der Waals surface area contributed by atoms with Crippen LogP contribution in [0.2, 0.25) is 0 Å². The van der Waals surface area contributed by atoms with E-state index < -0.39 is 95.1 Å². The Labute approximate surface area is 398 Å². The van der Waals surface area contributed by atoms with E-state index in [1.54, 1.807) is 96.1 Å². The normalized spacial score (nSPS) is 17.1. The number of benzene rings is 2. The number of likely N-dealkylation sites (tertiary alicyclic amines) is 2. The summed E-state index contributed by atoms with van der Waals surface area (Å²) in [6, 6.07) is 12.5. The van der Waals surface area contributed by atoms with Gasteiger partial charge in [-0.2, -0.15) is 0 Å². The fourth-order valence-corrected chi connectivity index (χ4v) is 8.12. The van der Waals surface area contributed by atoms with Gasteiger partial charge in [0.25, 0.3) is 5.92 Å². The number of carbonyl (C=O) groups excluding carboxylic acids is 7. The smallest absolute Gasteiger partial charge is 0.408 e. The molecule has 0 saturated carbocycles. The van der Waals surface area contributed by atoms with Gasteiger partial charge in [-0.25, -0.2) is 23.2 Å². The average Bonchev–Trinajstić information content (AvgIpc) is 3.22. The molecule has 68 heavy (non-hydrogen) atoms. The van der Waals surface area contributed by atoms with E-state index in [2.05, 4.69) is 31.9 Å². The van der Waals surface area contributed by atoms with Crippen LogP contribution in [0.3, 0.4) is 0 Å². The van der Waals surface area contributed by atoms with E-state index in [4.69, 9.17) is 9.47 Å². The van der Waals surface area contributed by atoms with Crippen molar-refractivity contribution in [2.45, 2.75) is 142 Å². The number of alkyl halides is 2. The quantitative estimate of drug-likeness (QED) is 0.104. The summed E-state index contributed by atoms with van der Waals surface area (Å²) in [6.45, 7) is 12.9. The minimum Gasteiger partial charge on any atom is -0.444 e. The molecule has 376 valence electrons. The summed E-state index contributed by atoms with van der Waals surface area (Å²) in [4.78, 5) is 96.9. The van der Waals surface area contributed by atoms with Crippen LogP contribution in [0.25, 0.3) is 0 Å². The molecule has 0 aromatic heterocycles. The lowest BCUT2D eigenvalue weighted by Crippen LogP contribution is -2.73. The van der Waals surface area contributed by atoms with E-state index in [1.165, 1.54) is 11.9 Å². The van der Waals surface area contributed by atoms with Crippen molar-refractivity contribution in [3.05, 3.63) is 71.8 Å². The van der Waals surface area contributed by atoms with Gasteiger partial charge in [0.15, 0.2) is 0 Å². The first-order valence-corrected chi connectivity index (χ1v) is 23.4. The summed E-state index contributed by atoms with van der Waals surface area (Å²) in [6.07, 6.45) is -0.475. The van der Waals surface area contributed by atoms with Crippen LogP contribution in [-0.4, -0.2) is 133 Å². The monoisotopic (exact) mass is 955 g/mol. The van der Waals surface area contributed by atoms with Gasteiger partial charge in [-0.1, -0.05) is 74.5 Å². The van der Waals surface area contributed by atoms with Crippen LogP contribution in [-0.2, 0) is 41.5 Å². The van der Waals surface area contributed by atoms with Gasteiger partial charge in [0.2, 0.25) is 23.6 Å². The summed E-state index contributed by atoms with van der Waals surface area (Å²) >= 11 is 0. The SMILES string of the molecule is CNC(=O)N1CCC2(CN(C(=O)[C@@H](CCCCNC(=O)OC(C)(C)C)NC(=O)[C@@H](CC(C)C)NC(=O)[C@@H](Cc3ccccc3)NC(=O)[C@@H](Cc3ccccc3)NC(=O)OC(C)(C)C)C2)C(F)(F)C1. The number of rotatable bonds is 19. The Kier molecular flexibility index (Phi) is 19.1. The highest BCUT2D eigenvalue weighted by Crippen LogP contribution is 2.50. The molecular weight excluding hydrogens is 883 g/mol. The number of ether oxygens (including phenoxy) is 2. The summed E-state index contributed by atoms with van der Waals surface area (Å²) in [5.74, 6) is -6.09. The third-order valence-electron chi connectivity index (χ3n) is 11.6. The highest BCUT2D eigenvalue weighted by molar-refractivity contribution is 5.95. The predicted octanol–water partition coefficient (Wildman–Crippen LogP) is 5.07. The number of halogens is 2. The van der Waals surface area contributed by atoms with E-state index in [0.29, 0.717) is 18.4 Å². The number of urea groups is 1. The van der Waals surface area contributed by atoms with Gasteiger partial charge >= 0.3 is 18.2 Å². The number of unbranched alkanes of at least 4 members (excludes halogenated alkanes) is 1. The van der Waals surface area contributed by atoms with Crippen molar-refractivity contribution in [3.63, 3.8) is 0 Å². The maximum Gasteiger partial charge on any atom is 0.408 e. The van der Waals surface area contributed by atoms with Crippen molar-refractivity contribution < 1.29 is 51.8 Å². The van der Waals surface area contributed by atoms with Crippen LogP contribution in [0.5, 0.6) is 0 Å². The molecule has 0 unspecified atom stereocenters. The molecule has 2 saturated heterocycles. The van der Waals surface area contributed by atoms with Crippen LogP contribution in [0.1, 0.15) is 98.6 Å². The van der Waals surface area contributed by atoms with Crippen LogP contribution in [0.4, 0.5) is 23.2 Å². The molecule has 8 amide bonds. The number of hydrogen-bond donors (Lipinski definition) is 6. The molecule has 0 bridgehead atoms. The van der Waals surface area contributed by atoms with Crippen LogP contribution < -0.4 is 31.9 Å². The van der Waals surface area contributed by atoms with Gasteiger partial charge < -0.3 is 51.2 Å². The molecule has 19 heteroatoms. The predicted molar refractivity (Wildman–Crippen MR) is 251 cm³/mol. The van der Waals surface area contributed by atoms with Gasteiger partial charge in [0.1, 0.15) is 35.4 Å². The molecule has 1 spiro atoms. The van der Waals surface area contributed by atoms with Gasteiger partial charge in [-0.3, -0.25) is 19.2 Å². The van der Waals surface area contributed by atoms with E-state index in [-0.39, 0.29) is 64.2 Å². The molecule has 0 radical (unpaired) electrons. The Morgan fingerprint density at radius 2 is 1.13 bits per heavy atom.